The Balaban J connectivity index is 1.96. The Labute approximate surface area is 227 Å². The van der Waals surface area contributed by atoms with Crippen LogP contribution in [0, 0.1) is 6.92 Å². The molecular weight excluding hydrogens is 554 g/mol. The number of nitrogens with one attached hydrogen (secondary N) is 1. The third-order valence-corrected chi connectivity index (χ3v) is 8.32. The molecule has 7 nitrogen and oxygen atoms in total. The quantitative estimate of drug-likeness (QED) is 0.357. The number of sulfonamides is 1. The monoisotopic (exact) mass is 585 g/mol. The molecule has 0 bridgehead atoms. The van der Waals surface area contributed by atoms with Crippen LogP contribution in [0.2, 0.25) is 0 Å². The van der Waals surface area contributed by atoms with Crippen LogP contribution in [0.25, 0.3) is 0 Å². The van der Waals surface area contributed by atoms with Crippen LogP contribution in [0.4, 0.5) is 5.69 Å². The summed E-state index contributed by atoms with van der Waals surface area (Å²) in [4.78, 5) is 28.0. The van der Waals surface area contributed by atoms with Crippen molar-refractivity contribution in [3.63, 3.8) is 0 Å². The molecule has 196 valence electrons. The normalized spacial score (nSPS) is 12.0. The summed E-state index contributed by atoms with van der Waals surface area (Å²) in [6.07, 6.45) is 0.527. The first-order valence-corrected chi connectivity index (χ1v) is 14.3. The van der Waals surface area contributed by atoms with E-state index in [1.807, 2.05) is 44.2 Å². The summed E-state index contributed by atoms with van der Waals surface area (Å²) in [5.41, 5.74) is 2.29. The van der Waals surface area contributed by atoms with Crippen LogP contribution in [0.5, 0.6) is 0 Å². The van der Waals surface area contributed by atoms with E-state index in [9.17, 15) is 18.0 Å². The number of hydrogen-bond donors (Lipinski definition) is 1. The van der Waals surface area contributed by atoms with Crippen molar-refractivity contribution in [2.45, 2.75) is 38.1 Å². The molecule has 3 rings (SSSR count). The van der Waals surface area contributed by atoms with E-state index in [2.05, 4.69) is 21.2 Å². The molecule has 0 fully saturated rings. The molecule has 3 aromatic carbocycles. The number of carbonyl (C=O) groups is 2. The van der Waals surface area contributed by atoms with Crippen molar-refractivity contribution >= 4 is 43.5 Å². The van der Waals surface area contributed by atoms with Crippen molar-refractivity contribution in [2.24, 2.45) is 0 Å². The Kier molecular flexibility index (Phi) is 9.88. The molecule has 0 saturated heterocycles. The molecule has 0 aliphatic heterocycles. The lowest BCUT2D eigenvalue weighted by atomic mass is 10.1. The standard InChI is InChI=1S/C28H32BrN3O4S/c1-4-30-28(34)22(3)31(19-18-23-8-6-5-7-9-23)27(33)20-32(25-14-12-24(29)13-15-25)37(35,36)26-16-10-21(2)11-17-26/h5-17,22H,4,18-20H2,1-3H3,(H,30,34)/t22-/m0/s1. The number of rotatable bonds is 11. The molecule has 0 spiro atoms. The van der Waals surface area contributed by atoms with Gasteiger partial charge in [0, 0.05) is 17.6 Å². The highest BCUT2D eigenvalue weighted by molar-refractivity contribution is 9.10. The van der Waals surface area contributed by atoms with Gasteiger partial charge in [0.05, 0.1) is 10.6 Å². The topological polar surface area (TPSA) is 86.8 Å². The van der Waals surface area contributed by atoms with Gasteiger partial charge < -0.3 is 10.2 Å². The van der Waals surface area contributed by atoms with Crippen LogP contribution < -0.4 is 9.62 Å². The molecule has 2 amide bonds. The molecule has 0 aliphatic carbocycles. The molecule has 0 heterocycles. The SMILES string of the molecule is CCNC(=O)[C@H](C)N(CCc1ccccc1)C(=O)CN(c1ccc(Br)cc1)S(=O)(=O)c1ccc(C)cc1. The van der Waals surface area contributed by atoms with Crippen molar-refractivity contribution in [3.8, 4) is 0 Å². The summed E-state index contributed by atoms with van der Waals surface area (Å²) in [5, 5.41) is 2.76. The van der Waals surface area contributed by atoms with Crippen LogP contribution >= 0.6 is 15.9 Å². The van der Waals surface area contributed by atoms with E-state index < -0.39 is 28.5 Å². The fourth-order valence-electron chi connectivity index (χ4n) is 3.87. The van der Waals surface area contributed by atoms with Gasteiger partial charge in [-0.25, -0.2) is 8.42 Å². The molecule has 3 aromatic rings. The number of anilines is 1. The second kappa shape index (κ2) is 12.9. The fraction of sp³-hybridized carbons (Fsp3) is 0.286. The van der Waals surface area contributed by atoms with Crippen LogP contribution in [0.1, 0.15) is 25.0 Å². The third kappa shape index (κ3) is 7.42. The summed E-state index contributed by atoms with van der Waals surface area (Å²) in [7, 11) is -4.07. The minimum Gasteiger partial charge on any atom is -0.355 e. The molecule has 0 radical (unpaired) electrons. The molecule has 0 aliphatic rings. The van der Waals surface area contributed by atoms with Crippen LogP contribution in [-0.4, -0.2) is 50.8 Å². The number of halogens is 1. The Morgan fingerprint density at radius 2 is 1.57 bits per heavy atom. The molecule has 0 aromatic heterocycles. The van der Waals surface area contributed by atoms with Gasteiger partial charge in [-0.05, 0) is 69.2 Å². The Bertz CT molecular complexity index is 1300. The Morgan fingerprint density at radius 3 is 2.16 bits per heavy atom. The lowest BCUT2D eigenvalue weighted by molar-refractivity contribution is -0.138. The van der Waals surface area contributed by atoms with Crippen molar-refractivity contribution in [1.82, 2.24) is 10.2 Å². The summed E-state index contributed by atoms with van der Waals surface area (Å²) in [6.45, 7) is 5.59. The number of likely N-dealkylation sites (N-methyl/N-ethyl adjacent to an activating group) is 1. The first-order chi connectivity index (χ1) is 17.6. The molecule has 0 saturated carbocycles. The van der Waals surface area contributed by atoms with Gasteiger partial charge in [-0.1, -0.05) is 64.0 Å². The van der Waals surface area contributed by atoms with E-state index in [1.54, 1.807) is 43.3 Å². The van der Waals surface area contributed by atoms with E-state index >= 15 is 0 Å². The summed E-state index contributed by atoms with van der Waals surface area (Å²) in [5.74, 6) is -0.756. The number of benzene rings is 3. The van der Waals surface area contributed by atoms with Gasteiger partial charge in [0.1, 0.15) is 12.6 Å². The first-order valence-electron chi connectivity index (χ1n) is 12.1. The minimum atomic E-state index is -4.07. The summed E-state index contributed by atoms with van der Waals surface area (Å²) < 4.78 is 29.4. The zero-order chi connectivity index (χ0) is 27.0. The van der Waals surface area contributed by atoms with Gasteiger partial charge in [0.2, 0.25) is 11.8 Å². The van der Waals surface area contributed by atoms with E-state index in [0.29, 0.717) is 18.7 Å². The lowest BCUT2D eigenvalue weighted by Gasteiger charge is -2.32. The van der Waals surface area contributed by atoms with Crippen LogP contribution in [-0.2, 0) is 26.0 Å². The summed E-state index contributed by atoms with van der Waals surface area (Å²) in [6, 6.07) is 22.1. The molecule has 9 heteroatoms. The largest absolute Gasteiger partial charge is 0.355 e. The lowest BCUT2D eigenvalue weighted by Crippen LogP contribution is -2.52. The fourth-order valence-corrected chi connectivity index (χ4v) is 5.54. The van der Waals surface area contributed by atoms with Gasteiger partial charge >= 0.3 is 0 Å². The van der Waals surface area contributed by atoms with Gasteiger partial charge in [-0.3, -0.25) is 13.9 Å². The van der Waals surface area contributed by atoms with Crippen LogP contribution in [0.3, 0.4) is 0 Å². The Morgan fingerprint density at radius 1 is 0.946 bits per heavy atom. The van der Waals surface area contributed by atoms with E-state index in [0.717, 1.165) is 19.9 Å². The predicted molar refractivity (Wildman–Crippen MR) is 150 cm³/mol. The van der Waals surface area contributed by atoms with Gasteiger partial charge in [0.25, 0.3) is 10.0 Å². The number of amides is 2. The average Bonchev–Trinajstić information content (AvgIpc) is 2.89. The summed E-state index contributed by atoms with van der Waals surface area (Å²) >= 11 is 3.38. The molecule has 0 unspecified atom stereocenters. The average molecular weight is 587 g/mol. The van der Waals surface area contributed by atoms with Crippen molar-refractivity contribution < 1.29 is 18.0 Å². The number of hydrogen-bond acceptors (Lipinski definition) is 4. The van der Waals surface area contributed by atoms with Crippen molar-refractivity contribution in [3.05, 3.63) is 94.5 Å². The van der Waals surface area contributed by atoms with Crippen molar-refractivity contribution in [2.75, 3.05) is 23.9 Å². The molecule has 1 N–H and O–H groups in total. The van der Waals surface area contributed by atoms with Crippen molar-refractivity contribution in [1.29, 1.82) is 0 Å². The highest BCUT2D eigenvalue weighted by atomic mass is 79.9. The van der Waals surface area contributed by atoms with Crippen LogP contribution in [0.15, 0.2) is 88.2 Å². The van der Waals surface area contributed by atoms with E-state index in [-0.39, 0.29) is 17.3 Å². The smallest absolute Gasteiger partial charge is 0.264 e. The number of aryl methyl sites for hydroxylation is 1. The predicted octanol–water partition coefficient (Wildman–Crippen LogP) is 4.55. The maximum Gasteiger partial charge on any atom is 0.264 e. The van der Waals surface area contributed by atoms with Gasteiger partial charge in [0.15, 0.2) is 0 Å². The molecule has 1 atom stereocenters. The second-order valence-electron chi connectivity index (χ2n) is 8.69. The highest BCUT2D eigenvalue weighted by Crippen LogP contribution is 2.26. The van der Waals surface area contributed by atoms with Gasteiger partial charge in [-0.15, -0.1) is 0 Å². The number of nitrogens with zero attached hydrogens (tertiary/aromatic N) is 2. The second-order valence-corrected chi connectivity index (χ2v) is 11.5. The zero-order valence-electron chi connectivity index (χ0n) is 21.2. The highest BCUT2D eigenvalue weighted by Gasteiger charge is 2.32. The molecular formula is C28H32BrN3O4S. The zero-order valence-corrected chi connectivity index (χ0v) is 23.6. The first kappa shape index (κ1) is 28.4. The third-order valence-electron chi connectivity index (χ3n) is 6.00. The Hall–Kier alpha value is -3.17. The minimum absolute atomic E-state index is 0.0847. The van der Waals surface area contributed by atoms with E-state index in [4.69, 9.17) is 0 Å². The molecule has 37 heavy (non-hydrogen) atoms. The maximum atomic E-state index is 13.7. The van der Waals surface area contributed by atoms with E-state index in [1.165, 1.54) is 17.0 Å². The maximum absolute atomic E-state index is 13.7. The number of carbonyl (C=O) groups excluding carboxylic acids is 2. The van der Waals surface area contributed by atoms with Gasteiger partial charge in [-0.2, -0.15) is 0 Å².